The average molecular weight is 252 g/mol. The topological polar surface area (TPSA) is 94.9 Å². The van der Waals surface area contributed by atoms with E-state index in [4.69, 9.17) is 11.5 Å². The fourth-order valence-electron chi connectivity index (χ4n) is 1.07. The van der Waals surface area contributed by atoms with Gasteiger partial charge in [0.05, 0.1) is 17.4 Å². The first-order chi connectivity index (χ1) is 7.66. The molecule has 82 valence electrons. The highest BCUT2D eigenvalue weighted by molar-refractivity contribution is 8.01. The lowest BCUT2D eigenvalue weighted by atomic mass is 10.2. The van der Waals surface area contributed by atoms with Gasteiger partial charge in [0.1, 0.15) is 5.03 Å². The van der Waals surface area contributed by atoms with Crippen molar-refractivity contribution in [1.82, 2.24) is 9.97 Å². The molecule has 0 spiro atoms. The van der Waals surface area contributed by atoms with Crippen LogP contribution in [-0.2, 0) is 0 Å². The van der Waals surface area contributed by atoms with Crippen LogP contribution in [0.4, 0.5) is 5.69 Å². The maximum atomic E-state index is 11.2. The number of amides is 1. The van der Waals surface area contributed by atoms with Crippen molar-refractivity contribution in [3.8, 4) is 0 Å². The normalized spacial score (nSPS) is 10.2. The molecule has 0 radical (unpaired) electrons. The highest BCUT2D eigenvalue weighted by atomic mass is 32.2. The lowest BCUT2D eigenvalue weighted by Crippen LogP contribution is -2.13. The molecule has 0 saturated heterocycles. The van der Waals surface area contributed by atoms with Crippen LogP contribution in [0.5, 0.6) is 0 Å². The molecule has 2 aromatic rings. The summed E-state index contributed by atoms with van der Waals surface area (Å²) in [6, 6.07) is 1.52. The van der Waals surface area contributed by atoms with E-state index >= 15 is 0 Å². The third-order valence-electron chi connectivity index (χ3n) is 1.73. The molecular weight excluding hydrogens is 244 g/mol. The number of nitrogens with two attached hydrogens (primary N) is 2. The van der Waals surface area contributed by atoms with Gasteiger partial charge in [-0.15, -0.1) is 11.3 Å². The summed E-state index contributed by atoms with van der Waals surface area (Å²) >= 11 is 2.77. The maximum absolute atomic E-state index is 11.2. The zero-order valence-electron chi connectivity index (χ0n) is 8.08. The second-order valence-electron chi connectivity index (χ2n) is 2.89. The fraction of sp³-hybridized carbons (Fsp3) is 0. The zero-order valence-corrected chi connectivity index (χ0v) is 9.72. The van der Waals surface area contributed by atoms with Crippen LogP contribution in [0.3, 0.4) is 0 Å². The number of aromatic nitrogens is 2. The van der Waals surface area contributed by atoms with E-state index in [1.807, 2.05) is 5.38 Å². The quantitative estimate of drug-likeness (QED) is 0.860. The van der Waals surface area contributed by atoms with Crippen molar-refractivity contribution in [3.63, 3.8) is 0 Å². The Balaban J connectivity index is 2.36. The number of primary amides is 1. The summed E-state index contributed by atoms with van der Waals surface area (Å²) in [6.07, 6.45) is 3.18. The van der Waals surface area contributed by atoms with Crippen molar-refractivity contribution in [2.24, 2.45) is 5.73 Å². The summed E-state index contributed by atoms with van der Waals surface area (Å²) in [4.78, 5) is 19.4. The van der Waals surface area contributed by atoms with Gasteiger partial charge >= 0.3 is 0 Å². The molecule has 5 nitrogen and oxygen atoms in total. The van der Waals surface area contributed by atoms with Crippen molar-refractivity contribution in [3.05, 3.63) is 29.4 Å². The first-order valence-electron chi connectivity index (χ1n) is 4.29. The van der Waals surface area contributed by atoms with Gasteiger partial charge in [-0.25, -0.2) is 9.97 Å². The Bertz CT molecular complexity index is 512. The lowest BCUT2D eigenvalue weighted by Gasteiger charge is -2.03. The summed E-state index contributed by atoms with van der Waals surface area (Å²) < 4.78 is 0.805. The Hall–Kier alpha value is -1.60. The number of hydrogen-bond donors (Lipinski definition) is 2. The second kappa shape index (κ2) is 4.50. The molecular formula is C9H8N4OS2. The number of anilines is 1. The molecule has 0 aliphatic rings. The molecule has 0 aliphatic carbocycles. The third-order valence-corrected chi connectivity index (χ3v) is 3.63. The van der Waals surface area contributed by atoms with E-state index in [9.17, 15) is 4.79 Å². The SMILES string of the molecule is NC(=O)c1cc(N)cnc1Sc1nccs1. The van der Waals surface area contributed by atoms with E-state index in [1.165, 1.54) is 35.4 Å². The van der Waals surface area contributed by atoms with Gasteiger partial charge < -0.3 is 11.5 Å². The number of pyridine rings is 1. The Labute approximate surface area is 99.9 Å². The van der Waals surface area contributed by atoms with Crippen LogP contribution in [0.1, 0.15) is 10.4 Å². The summed E-state index contributed by atoms with van der Waals surface area (Å²) in [5.41, 5.74) is 11.5. The van der Waals surface area contributed by atoms with Crippen LogP contribution in [0, 0.1) is 0 Å². The van der Waals surface area contributed by atoms with Crippen LogP contribution in [0.25, 0.3) is 0 Å². The molecule has 2 aromatic heterocycles. The van der Waals surface area contributed by atoms with Gasteiger partial charge in [-0.1, -0.05) is 0 Å². The van der Waals surface area contributed by atoms with E-state index in [-0.39, 0.29) is 0 Å². The molecule has 1 amide bonds. The first kappa shape index (κ1) is 10.9. The number of rotatable bonds is 3. The largest absolute Gasteiger partial charge is 0.397 e. The number of nitrogens with zero attached hydrogens (tertiary/aromatic N) is 2. The molecule has 0 atom stereocenters. The second-order valence-corrected chi connectivity index (χ2v) is 5.02. The molecule has 16 heavy (non-hydrogen) atoms. The van der Waals surface area contributed by atoms with Crippen LogP contribution >= 0.6 is 23.1 Å². The standard InChI is InChI=1S/C9H8N4OS2/c10-5-3-6(7(11)14)8(13-4-5)16-9-12-1-2-15-9/h1-4H,10H2,(H2,11,14). The molecule has 0 aliphatic heterocycles. The van der Waals surface area contributed by atoms with E-state index in [0.29, 0.717) is 16.3 Å². The summed E-state index contributed by atoms with van der Waals surface area (Å²) in [7, 11) is 0. The van der Waals surface area contributed by atoms with Gasteiger partial charge in [-0.2, -0.15) is 0 Å². The molecule has 2 rings (SSSR count). The molecule has 0 aromatic carbocycles. The van der Waals surface area contributed by atoms with Crippen molar-refractivity contribution in [2.75, 3.05) is 5.73 Å². The minimum Gasteiger partial charge on any atom is -0.397 e. The maximum Gasteiger partial charge on any atom is 0.251 e. The lowest BCUT2D eigenvalue weighted by molar-refractivity contribution is 0.0997. The van der Waals surface area contributed by atoms with Gasteiger partial charge in [0.15, 0.2) is 4.34 Å². The number of nitrogen functional groups attached to an aromatic ring is 1. The highest BCUT2D eigenvalue weighted by Crippen LogP contribution is 2.30. The molecule has 0 saturated carbocycles. The molecule has 7 heteroatoms. The predicted octanol–water partition coefficient (Wildman–Crippen LogP) is 1.37. The number of carbonyl (C=O) groups is 1. The zero-order chi connectivity index (χ0) is 11.5. The monoisotopic (exact) mass is 252 g/mol. The van der Waals surface area contributed by atoms with Gasteiger partial charge in [-0.05, 0) is 17.8 Å². The molecule has 0 bridgehead atoms. The minimum absolute atomic E-state index is 0.320. The smallest absolute Gasteiger partial charge is 0.251 e. The summed E-state index contributed by atoms with van der Waals surface area (Å²) in [5.74, 6) is -0.543. The molecule has 4 N–H and O–H groups in total. The predicted molar refractivity (Wildman–Crippen MR) is 63.4 cm³/mol. The minimum atomic E-state index is -0.543. The molecule has 0 fully saturated rings. The van der Waals surface area contributed by atoms with E-state index < -0.39 is 5.91 Å². The Morgan fingerprint density at radius 3 is 2.88 bits per heavy atom. The van der Waals surface area contributed by atoms with Crippen molar-refractivity contribution >= 4 is 34.7 Å². The van der Waals surface area contributed by atoms with E-state index in [1.54, 1.807) is 6.20 Å². The van der Waals surface area contributed by atoms with Crippen LogP contribution in [-0.4, -0.2) is 15.9 Å². The van der Waals surface area contributed by atoms with Gasteiger partial charge in [0, 0.05) is 11.6 Å². The Morgan fingerprint density at radius 1 is 1.44 bits per heavy atom. The first-order valence-corrected chi connectivity index (χ1v) is 5.99. The molecule has 0 unspecified atom stereocenters. The average Bonchev–Trinajstić information content (AvgIpc) is 2.73. The van der Waals surface area contributed by atoms with Crippen LogP contribution in [0.2, 0.25) is 0 Å². The van der Waals surface area contributed by atoms with E-state index in [2.05, 4.69) is 9.97 Å². The van der Waals surface area contributed by atoms with Crippen molar-refractivity contribution in [2.45, 2.75) is 9.37 Å². The van der Waals surface area contributed by atoms with Crippen molar-refractivity contribution in [1.29, 1.82) is 0 Å². The van der Waals surface area contributed by atoms with Gasteiger partial charge in [0.25, 0.3) is 5.91 Å². The Kier molecular flexibility index (Phi) is 3.07. The number of hydrogen-bond acceptors (Lipinski definition) is 6. The summed E-state index contributed by atoms with van der Waals surface area (Å²) in [6.45, 7) is 0. The van der Waals surface area contributed by atoms with Crippen molar-refractivity contribution < 1.29 is 4.79 Å². The third kappa shape index (κ3) is 2.31. The van der Waals surface area contributed by atoms with Gasteiger partial charge in [-0.3, -0.25) is 4.79 Å². The number of thiazole rings is 1. The van der Waals surface area contributed by atoms with Gasteiger partial charge in [0.2, 0.25) is 0 Å². The fourth-order valence-corrected chi connectivity index (χ4v) is 2.68. The van der Waals surface area contributed by atoms with Crippen LogP contribution in [0.15, 0.2) is 33.2 Å². The highest BCUT2D eigenvalue weighted by Gasteiger charge is 2.12. The molecule has 2 heterocycles. The summed E-state index contributed by atoms with van der Waals surface area (Å²) in [5, 5.41) is 2.38. The van der Waals surface area contributed by atoms with E-state index in [0.717, 1.165) is 4.34 Å². The Morgan fingerprint density at radius 2 is 2.25 bits per heavy atom. The van der Waals surface area contributed by atoms with Crippen LogP contribution < -0.4 is 11.5 Å². The number of carbonyl (C=O) groups excluding carboxylic acids is 1.